The molecule has 0 aliphatic rings. The van der Waals surface area contributed by atoms with E-state index in [4.69, 9.17) is 19.9 Å². The molecule has 5 heteroatoms. The lowest BCUT2D eigenvalue weighted by molar-refractivity contribution is 1.06. The zero-order valence-electron chi connectivity index (χ0n) is 33.1. The van der Waals surface area contributed by atoms with Gasteiger partial charge in [0.05, 0.1) is 28.1 Å². The fourth-order valence-corrected chi connectivity index (χ4v) is 8.37. The topological polar surface area (TPSA) is 56.5 Å². The van der Waals surface area contributed by atoms with E-state index in [1.54, 1.807) is 0 Å². The van der Waals surface area contributed by atoms with Gasteiger partial charge in [-0.3, -0.25) is 0 Å². The molecule has 0 atom stereocenters. The highest BCUT2D eigenvalue weighted by molar-refractivity contribution is 6.16. The van der Waals surface area contributed by atoms with Crippen LogP contribution < -0.4 is 0 Å². The molecule has 0 radical (unpaired) electrons. The fraction of sp³-hybridized carbons (Fsp3) is 0. The lowest BCUT2D eigenvalue weighted by Crippen LogP contribution is -2.04. The van der Waals surface area contributed by atoms with Crippen LogP contribution in [0.3, 0.4) is 0 Å². The van der Waals surface area contributed by atoms with Gasteiger partial charge in [0, 0.05) is 38.6 Å². The number of pyridine rings is 1. The summed E-state index contributed by atoms with van der Waals surface area (Å²) >= 11 is 0. The normalized spacial score (nSPS) is 11.3. The summed E-state index contributed by atoms with van der Waals surface area (Å²) in [6, 6.07) is 78.1. The van der Waals surface area contributed by atoms with Crippen molar-refractivity contribution in [2.24, 2.45) is 0 Å². The zero-order chi connectivity index (χ0) is 40.5. The first-order valence-electron chi connectivity index (χ1n) is 20.5. The van der Waals surface area contributed by atoms with Crippen molar-refractivity contribution in [2.45, 2.75) is 0 Å². The molecule has 0 saturated heterocycles. The summed E-state index contributed by atoms with van der Waals surface area (Å²) in [6.45, 7) is 0. The van der Waals surface area contributed by atoms with Gasteiger partial charge in [-0.15, -0.1) is 0 Å². The molecular weight excluding hydrogens is 743 g/mol. The average Bonchev–Trinajstić information content (AvgIpc) is 3.69. The number of fused-ring (bicyclic) bond motifs is 3. The Labute approximate surface area is 354 Å². The van der Waals surface area contributed by atoms with Crippen LogP contribution in [-0.4, -0.2) is 24.5 Å². The summed E-state index contributed by atoms with van der Waals surface area (Å²) in [5, 5.41) is 2.37. The van der Waals surface area contributed by atoms with Crippen LogP contribution in [0.1, 0.15) is 0 Å². The van der Waals surface area contributed by atoms with Crippen LogP contribution in [0.5, 0.6) is 0 Å². The zero-order valence-corrected chi connectivity index (χ0v) is 33.1. The number of aromatic nitrogens is 5. The van der Waals surface area contributed by atoms with Gasteiger partial charge in [0.25, 0.3) is 0 Å². The maximum absolute atomic E-state index is 5.31. The monoisotopic (exact) mass is 779 g/mol. The molecule has 0 N–H and O–H groups in total. The second-order valence-electron chi connectivity index (χ2n) is 15.0. The van der Waals surface area contributed by atoms with Gasteiger partial charge in [0.2, 0.25) is 0 Å². The molecule has 11 aromatic rings. The van der Waals surface area contributed by atoms with Crippen molar-refractivity contribution in [2.75, 3.05) is 0 Å². The van der Waals surface area contributed by atoms with Gasteiger partial charge in [-0.2, -0.15) is 0 Å². The molecule has 0 unspecified atom stereocenters. The summed E-state index contributed by atoms with van der Waals surface area (Å²) < 4.78 is 2.38. The summed E-state index contributed by atoms with van der Waals surface area (Å²) in [6.07, 6.45) is 0. The Morgan fingerprint density at radius 3 is 1.33 bits per heavy atom. The molecule has 0 fully saturated rings. The average molecular weight is 780 g/mol. The molecule has 0 bridgehead atoms. The second kappa shape index (κ2) is 15.5. The highest BCUT2D eigenvalue weighted by Crippen LogP contribution is 2.42. The molecule has 0 saturated carbocycles. The van der Waals surface area contributed by atoms with Crippen molar-refractivity contribution in [3.05, 3.63) is 224 Å². The van der Waals surface area contributed by atoms with Crippen molar-refractivity contribution >= 4 is 21.8 Å². The Kier molecular flexibility index (Phi) is 9.10. The molecule has 3 heterocycles. The van der Waals surface area contributed by atoms with Crippen LogP contribution in [0.25, 0.3) is 106 Å². The van der Waals surface area contributed by atoms with E-state index in [1.165, 1.54) is 21.9 Å². The smallest absolute Gasteiger partial charge is 0.166 e. The Bertz CT molecular complexity index is 3210. The minimum atomic E-state index is 0.579. The Hall–Kier alpha value is -8.28. The SMILES string of the molecule is c1ccc(-c2cc(-c3ccc(-n4c5ccccc5c5c(-c6ccccc6)cccc54)c(-c4nc(-c5ccccc5)nc(-c5ccccc5)n4)c3)cc(-c3ccccc3)n2)cc1. The molecule has 5 nitrogen and oxygen atoms in total. The Morgan fingerprint density at radius 1 is 0.279 bits per heavy atom. The fourth-order valence-electron chi connectivity index (χ4n) is 8.37. The number of hydrogen-bond acceptors (Lipinski definition) is 4. The lowest BCUT2D eigenvalue weighted by atomic mass is 9.97. The van der Waals surface area contributed by atoms with E-state index in [0.717, 1.165) is 67.1 Å². The number of hydrogen-bond donors (Lipinski definition) is 0. The van der Waals surface area contributed by atoms with Crippen molar-refractivity contribution in [1.82, 2.24) is 24.5 Å². The maximum atomic E-state index is 5.31. The first-order valence-corrected chi connectivity index (χ1v) is 20.5. The van der Waals surface area contributed by atoms with E-state index >= 15 is 0 Å². The van der Waals surface area contributed by atoms with Crippen LogP contribution in [0, 0.1) is 0 Å². The van der Waals surface area contributed by atoms with Crippen LogP contribution in [-0.2, 0) is 0 Å². The van der Waals surface area contributed by atoms with Crippen LogP contribution in [0.2, 0.25) is 0 Å². The third-order valence-corrected chi connectivity index (χ3v) is 11.3. The van der Waals surface area contributed by atoms with E-state index in [-0.39, 0.29) is 0 Å². The van der Waals surface area contributed by atoms with Crippen molar-refractivity contribution in [3.63, 3.8) is 0 Å². The molecule has 8 aromatic carbocycles. The molecule has 3 aromatic heterocycles. The molecule has 11 rings (SSSR count). The summed E-state index contributed by atoms with van der Waals surface area (Å²) in [7, 11) is 0. The quantitative estimate of drug-likeness (QED) is 0.154. The number of nitrogens with zero attached hydrogens (tertiary/aromatic N) is 5. The number of para-hydroxylation sites is 1. The predicted molar refractivity (Wildman–Crippen MR) is 250 cm³/mol. The van der Waals surface area contributed by atoms with Gasteiger partial charge in [0.1, 0.15) is 0 Å². The minimum Gasteiger partial charge on any atom is -0.308 e. The summed E-state index contributed by atoms with van der Waals surface area (Å²) in [4.78, 5) is 20.9. The van der Waals surface area contributed by atoms with Gasteiger partial charge in [0.15, 0.2) is 17.5 Å². The summed E-state index contributed by atoms with van der Waals surface area (Å²) in [5.41, 5.74) is 14.2. The molecule has 286 valence electrons. The first-order chi connectivity index (χ1) is 30.2. The third kappa shape index (κ3) is 6.74. The van der Waals surface area contributed by atoms with Gasteiger partial charge in [-0.25, -0.2) is 19.9 Å². The standard InChI is InChI=1S/C56H37N5/c1-6-19-38(20-7-1)45-30-18-32-52-53(45)46-29-16-17-31-50(46)61(52)51-34-33-43(44-36-48(39-21-8-2-9-22-39)57-49(37-44)40-23-10-3-11-24-40)35-47(51)56-59-54(41-25-12-4-13-26-41)58-55(60-56)42-27-14-5-15-28-42/h1-37H. The Morgan fingerprint density at radius 2 is 0.754 bits per heavy atom. The highest BCUT2D eigenvalue weighted by atomic mass is 15.1. The van der Waals surface area contributed by atoms with Crippen LogP contribution in [0.15, 0.2) is 224 Å². The first kappa shape index (κ1) is 35.8. The van der Waals surface area contributed by atoms with E-state index < -0.39 is 0 Å². The minimum absolute atomic E-state index is 0.579. The van der Waals surface area contributed by atoms with Gasteiger partial charge in [-0.1, -0.05) is 188 Å². The second-order valence-corrected chi connectivity index (χ2v) is 15.0. The van der Waals surface area contributed by atoms with E-state index in [2.05, 4.69) is 180 Å². The molecule has 0 aliphatic heterocycles. The van der Waals surface area contributed by atoms with Crippen molar-refractivity contribution < 1.29 is 0 Å². The molecule has 61 heavy (non-hydrogen) atoms. The Balaban J connectivity index is 1.21. The van der Waals surface area contributed by atoms with Crippen molar-refractivity contribution in [1.29, 1.82) is 0 Å². The third-order valence-electron chi connectivity index (χ3n) is 11.3. The van der Waals surface area contributed by atoms with Crippen LogP contribution >= 0.6 is 0 Å². The largest absolute Gasteiger partial charge is 0.308 e. The number of benzene rings is 8. The highest BCUT2D eigenvalue weighted by Gasteiger charge is 2.22. The van der Waals surface area contributed by atoms with Crippen molar-refractivity contribution in [3.8, 4) is 84.6 Å². The van der Waals surface area contributed by atoms with E-state index in [0.29, 0.717) is 17.5 Å². The summed E-state index contributed by atoms with van der Waals surface area (Å²) in [5.74, 6) is 1.79. The molecule has 0 amide bonds. The predicted octanol–water partition coefficient (Wildman–Crippen LogP) is 14.0. The van der Waals surface area contributed by atoms with Gasteiger partial charge in [-0.05, 0) is 58.7 Å². The molecular formula is C56H37N5. The number of rotatable bonds is 8. The van der Waals surface area contributed by atoms with Crippen LogP contribution in [0.4, 0.5) is 0 Å². The lowest BCUT2D eigenvalue weighted by Gasteiger charge is -2.17. The van der Waals surface area contributed by atoms with E-state index in [1.807, 2.05) is 48.5 Å². The molecule has 0 aliphatic carbocycles. The van der Waals surface area contributed by atoms with E-state index in [9.17, 15) is 0 Å². The van der Waals surface area contributed by atoms with Gasteiger partial charge >= 0.3 is 0 Å². The molecule has 0 spiro atoms. The van der Waals surface area contributed by atoms with Gasteiger partial charge < -0.3 is 4.57 Å². The maximum Gasteiger partial charge on any atom is 0.166 e.